The van der Waals surface area contributed by atoms with Gasteiger partial charge < -0.3 is 10.2 Å². The fraction of sp³-hybridized carbons (Fsp3) is 0.320. The van der Waals surface area contributed by atoms with Crippen molar-refractivity contribution in [3.8, 4) is 11.5 Å². The fourth-order valence-corrected chi connectivity index (χ4v) is 3.94. The van der Waals surface area contributed by atoms with E-state index < -0.39 is 0 Å². The predicted octanol–water partition coefficient (Wildman–Crippen LogP) is 8.97. The van der Waals surface area contributed by atoms with E-state index in [0.29, 0.717) is 21.5 Å². The molecule has 0 fully saturated rings. The third-order valence-electron chi connectivity index (χ3n) is 4.22. The van der Waals surface area contributed by atoms with Gasteiger partial charge in [0, 0.05) is 21.2 Å². The molecule has 2 aromatic carbocycles. The second-order valence-corrected chi connectivity index (χ2v) is 11.3. The number of phenols is 2. The average molecular weight is 586 g/mol. The van der Waals surface area contributed by atoms with Gasteiger partial charge in [-0.15, -0.1) is 24.8 Å². The predicted molar refractivity (Wildman–Crippen MR) is 148 cm³/mol. The first kappa shape index (κ1) is 34.7. The number of aromatic hydroxyl groups is 2. The fourth-order valence-electron chi connectivity index (χ4n) is 2.59. The van der Waals surface area contributed by atoms with Gasteiger partial charge in [0.05, 0.1) is 0 Å². The third kappa shape index (κ3) is 12.7. The Bertz CT molecular complexity index is 918. The summed E-state index contributed by atoms with van der Waals surface area (Å²) in [6, 6.07) is 14.4. The molecular formula is C25H32Cl4O2STi. The van der Waals surface area contributed by atoms with Crippen LogP contribution in [0.25, 0.3) is 0 Å². The van der Waals surface area contributed by atoms with Gasteiger partial charge in [-0.05, 0) is 47.2 Å². The first-order chi connectivity index (χ1) is 14.3. The van der Waals surface area contributed by atoms with Crippen molar-refractivity contribution in [2.45, 2.75) is 52.4 Å². The second kappa shape index (κ2) is 15.5. The molecule has 8 heteroatoms. The van der Waals surface area contributed by atoms with Crippen LogP contribution in [-0.2, 0) is 30.8 Å². The first-order valence-electron chi connectivity index (χ1n) is 9.77. The van der Waals surface area contributed by atoms with Crippen LogP contribution in [0, 0.1) is 0 Å². The van der Waals surface area contributed by atoms with Crippen LogP contribution in [0.2, 0.25) is 10.0 Å². The van der Waals surface area contributed by atoms with Crippen molar-refractivity contribution in [3.63, 3.8) is 0 Å². The summed E-state index contributed by atoms with van der Waals surface area (Å²) < 4.78 is 2.10. The van der Waals surface area contributed by atoms with Crippen LogP contribution in [0.4, 0.5) is 0 Å². The zero-order valence-corrected chi connectivity index (χ0v) is 25.2. The number of phenolic OH excluding ortho intramolecular Hbond substituents is 2. The molecule has 0 aliphatic heterocycles. The number of thiophene rings is 1. The van der Waals surface area contributed by atoms with E-state index in [1.165, 1.54) is 4.88 Å². The molecule has 3 rings (SSSR count). The monoisotopic (exact) mass is 584 g/mol. The summed E-state index contributed by atoms with van der Waals surface area (Å²) in [4.78, 5) is 1.35. The van der Waals surface area contributed by atoms with E-state index in [2.05, 4.69) is 21.8 Å². The molecule has 2 N–H and O–H groups in total. The van der Waals surface area contributed by atoms with Crippen LogP contribution in [0.3, 0.4) is 0 Å². The van der Waals surface area contributed by atoms with E-state index >= 15 is 0 Å². The van der Waals surface area contributed by atoms with Crippen molar-refractivity contribution in [2.75, 3.05) is 0 Å². The summed E-state index contributed by atoms with van der Waals surface area (Å²) in [6.07, 6.45) is 0. The summed E-state index contributed by atoms with van der Waals surface area (Å²) in [5.41, 5.74) is 1.65. The standard InChI is InChI=1S/2C10H13ClO.C5H4S.2ClH.Ti/c2*1-10(2,3)8-6-7(11)4-5-9(8)12;1-5-3-2-4-6-5;;;/h2*4-6,12H,1-3H3;1-4H;2*1H;. The van der Waals surface area contributed by atoms with Crippen LogP contribution >= 0.6 is 59.4 Å². The van der Waals surface area contributed by atoms with Crippen molar-refractivity contribution in [1.82, 2.24) is 0 Å². The Morgan fingerprint density at radius 2 is 1.15 bits per heavy atom. The molecule has 0 spiro atoms. The van der Waals surface area contributed by atoms with E-state index in [1.807, 2.05) is 61.5 Å². The molecule has 0 aliphatic carbocycles. The SMILES string of the molecule is CC(C)(C)c1cc(Cl)ccc1O.CC(C)(C)c1cc(Cl)ccc1O.Cl.Cl.[Ti]=[CH]c1cccs1. The van der Waals surface area contributed by atoms with Gasteiger partial charge in [-0.1, -0.05) is 64.7 Å². The van der Waals surface area contributed by atoms with E-state index in [4.69, 9.17) is 23.2 Å². The van der Waals surface area contributed by atoms with Crippen molar-refractivity contribution < 1.29 is 30.2 Å². The molecule has 0 saturated carbocycles. The van der Waals surface area contributed by atoms with Crippen molar-refractivity contribution in [2.24, 2.45) is 0 Å². The normalized spacial score (nSPS) is 10.3. The van der Waals surface area contributed by atoms with Crippen LogP contribution in [0.1, 0.15) is 57.5 Å². The summed E-state index contributed by atoms with van der Waals surface area (Å²) in [6.45, 7) is 12.2. The van der Waals surface area contributed by atoms with Crippen LogP contribution in [-0.4, -0.2) is 14.5 Å². The van der Waals surface area contributed by atoms with Gasteiger partial charge >= 0.3 is 58.0 Å². The summed E-state index contributed by atoms with van der Waals surface area (Å²) in [5.74, 6) is 0.624. The molecule has 33 heavy (non-hydrogen) atoms. The Balaban J connectivity index is 0. The Hall–Kier alpha value is -0.516. The molecule has 2 nitrogen and oxygen atoms in total. The molecule has 0 atom stereocenters. The maximum absolute atomic E-state index is 9.51. The molecule has 0 aliphatic rings. The zero-order valence-electron chi connectivity index (χ0n) is 19.6. The van der Waals surface area contributed by atoms with Crippen molar-refractivity contribution >= 4 is 63.7 Å². The molecule has 1 heterocycles. The van der Waals surface area contributed by atoms with Gasteiger partial charge in [0.15, 0.2) is 0 Å². The molecule has 1 aromatic heterocycles. The quantitative estimate of drug-likeness (QED) is 0.280. The Kier molecular flexibility index (Phi) is 16.2. The Morgan fingerprint density at radius 1 is 0.758 bits per heavy atom. The number of hydrogen-bond acceptors (Lipinski definition) is 3. The first-order valence-corrected chi connectivity index (χ1v) is 12.3. The number of halogens is 4. The zero-order chi connectivity index (χ0) is 23.8. The van der Waals surface area contributed by atoms with Gasteiger partial charge in [0.2, 0.25) is 0 Å². The number of benzene rings is 2. The maximum atomic E-state index is 9.51. The van der Waals surface area contributed by atoms with E-state index in [0.717, 1.165) is 11.1 Å². The van der Waals surface area contributed by atoms with Crippen molar-refractivity contribution in [1.29, 1.82) is 0 Å². The Labute approximate surface area is 236 Å². The van der Waals surface area contributed by atoms with Crippen LogP contribution in [0.15, 0.2) is 53.9 Å². The molecule has 0 saturated heterocycles. The molecule has 0 amide bonds. The molecule has 3 aromatic rings. The van der Waals surface area contributed by atoms with E-state index in [-0.39, 0.29) is 35.6 Å². The number of rotatable bonds is 1. The van der Waals surface area contributed by atoms with Crippen LogP contribution in [0.5, 0.6) is 11.5 Å². The van der Waals surface area contributed by atoms with Gasteiger partial charge in [-0.3, -0.25) is 0 Å². The van der Waals surface area contributed by atoms with Gasteiger partial charge in [-0.2, -0.15) is 0 Å². The van der Waals surface area contributed by atoms with E-state index in [1.54, 1.807) is 47.7 Å². The second-order valence-electron chi connectivity index (χ2n) is 8.98. The van der Waals surface area contributed by atoms with Gasteiger partial charge in [0.25, 0.3) is 0 Å². The summed E-state index contributed by atoms with van der Waals surface area (Å²) in [7, 11) is 0. The molecule has 0 radical (unpaired) electrons. The minimum atomic E-state index is -0.0605. The molecular weight excluding hydrogens is 554 g/mol. The molecule has 0 unspecified atom stereocenters. The van der Waals surface area contributed by atoms with Crippen molar-refractivity contribution in [3.05, 3.63) is 80.0 Å². The summed E-state index contributed by atoms with van der Waals surface area (Å²) >= 11 is 15.4. The van der Waals surface area contributed by atoms with Crippen LogP contribution < -0.4 is 0 Å². The molecule has 0 bridgehead atoms. The minimum absolute atomic E-state index is 0. The third-order valence-corrected chi connectivity index (χ3v) is 6.32. The average Bonchev–Trinajstić information content (AvgIpc) is 3.19. The molecule has 182 valence electrons. The topological polar surface area (TPSA) is 40.5 Å². The van der Waals surface area contributed by atoms with E-state index in [9.17, 15) is 10.2 Å². The number of hydrogen-bond donors (Lipinski definition) is 2. The Morgan fingerprint density at radius 3 is 1.36 bits per heavy atom. The summed E-state index contributed by atoms with van der Waals surface area (Å²) in [5, 5.41) is 22.4. The van der Waals surface area contributed by atoms with Gasteiger partial charge in [-0.25, -0.2) is 0 Å². The van der Waals surface area contributed by atoms with Gasteiger partial charge in [0.1, 0.15) is 11.5 Å².